The van der Waals surface area contributed by atoms with Gasteiger partial charge in [-0.05, 0) is 61.9 Å². The van der Waals surface area contributed by atoms with Crippen LogP contribution < -0.4 is 20.9 Å². The zero-order valence-electron chi connectivity index (χ0n) is 18.0. The van der Waals surface area contributed by atoms with Crippen LogP contribution in [0.4, 0.5) is 23.1 Å². The van der Waals surface area contributed by atoms with E-state index >= 15 is 0 Å². The van der Waals surface area contributed by atoms with Crippen LogP contribution in [0.15, 0.2) is 60.8 Å². The van der Waals surface area contributed by atoms with Gasteiger partial charge < -0.3 is 20.9 Å². The summed E-state index contributed by atoms with van der Waals surface area (Å²) in [6, 6.07) is 16.7. The fourth-order valence-electron chi connectivity index (χ4n) is 3.84. The van der Waals surface area contributed by atoms with Crippen LogP contribution in [0.25, 0.3) is 0 Å². The van der Waals surface area contributed by atoms with E-state index in [0.29, 0.717) is 28.3 Å². The molecule has 0 saturated carbocycles. The Balaban J connectivity index is 1.48. The molecule has 0 spiro atoms. The molecule has 1 aromatic heterocycles. The minimum absolute atomic E-state index is 0.214. The normalized spacial score (nSPS) is 15.4. The van der Waals surface area contributed by atoms with E-state index < -0.39 is 0 Å². The topological polar surface area (TPSA) is 82.2 Å². The Kier molecular flexibility index (Phi) is 7.19. The van der Waals surface area contributed by atoms with Gasteiger partial charge in [0.2, 0.25) is 5.95 Å². The summed E-state index contributed by atoms with van der Waals surface area (Å²) >= 11 is 6.00. The molecule has 1 saturated heterocycles. The number of halogens is 1. The van der Waals surface area contributed by atoms with Crippen molar-refractivity contribution in [2.45, 2.75) is 25.8 Å². The number of carbonyl (C=O) groups excluding carboxylic acids is 1. The highest BCUT2D eigenvalue weighted by molar-refractivity contribution is 6.31. The van der Waals surface area contributed by atoms with Crippen LogP contribution in [0.5, 0.6) is 0 Å². The lowest BCUT2D eigenvalue weighted by atomic mass is 10.2. The van der Waals surface area contributed by atoms with E-state index in [-0.39, 0.29) is 5.91 Å². The zero-order chi connectivity index (χ0) is 22.3. The molecule has 1 aliphatic heterocycles. The smallest absolute Gasteiger partial charge is 0.255 e. The first kappa shape index (κ1) is 22.0. The third kappa shape index (κ3) is 5.55. The summed E-state index contributed by atoms with van der Waals surface area (Å²) in [6.45, 7) is 5.12. The van der Waals surface area contributed by atoms with E-state index in [2.05, 4.69) is 32.8 Å². The molecule has 3 N–H and O–H groups in total. The molecule has 1 aliphatic rings. The number of nitrogens with one attached hydrogen (secondary N) is 3. The Labute approximate surface area is 193 Å². The largest absolute Gasteiger partial charge is 0.352 e. The van der Waals surface area contributed by atoms with Crippen molar-refractivity contribution in [1.29, 1.82) is 0 Å². The number of amides is 1. The number of benzene rings is 2. The van der Waals surface area contributed by atoms with E-state index in [4.69, 9.17) is 16.6 Å². The van der Waals surface area contributed by atoms with Gasteiger partial charge in [-0.1, -0.05) is 30.7 Å². The molecule has 4 rings (SSSR count). The van der Waals surface area contributed by atoms with Crippen LogP contribution in [0.1, 0.15) is 30.1 Å². The van der Waals surface area contributed by atoms with Crippen LogP contribution in [0, 0.1) is 0 Å². The van der Waals surface area contributed by atoms with Crippen LogP contribution in [0.2, 0.25) is 5.02 Å². The molecule has 3 aromatic rings. The molecule has 0 radical (unpaired) electrons. The maximum Gasteiger partial charge on any atom is 0.255 e. The number of hydrogen-bond donors (Lipinski definition) is 3. The van der Waals surface area contributed by atoms with Gasteiger partial charge in [0.1, 0.15) is 5.82 Å². The average molecular weight is 451 g/mol. The highest BCUT2D eigenvalue weighted by Gasteiger charge is 2.23. The molecular weight excluding hydrogens is 424 g/mol. The van der Waals surface area contributed by atoms with Gasteiger partial charge in [0, 0.05) is 47.3 Å². The van der Waals surface area contributed by atoms with E-state index in [0.717, 1.165) is 44.0 Å². The minimum Gasteiger partial charge on any atom is -0.352 e. The van der Waals surface area contributed by atoms with Gasteiger partial charge in [-0.15, -0.1) is 0 Å². The van der Waals surface area contributed by atoms with Gasteiger partial charge in [-0.25, -0.2) is 4.98 Å². The predicted molar refractivity (Wildman–Crippen MR) is 130 cm³/mol. The summed E-state index contributed by atoms with van der Waals surface area (Å²) in [5, 5.41) is 10.1. The van der Waals surface area contributed by atoms with Crippen molar-refractivity contribution >= 4 is 40.6 Å². The molecule has 0 bridgehead atoms. The molecular formula is C24H27ClN6O. The van der Waals surface area contributed by atoms with Gasteiger partial charge >= 0.3 is 0 Å². The molecule has 1 amide bonds. The molecule has 1 unspecified atom stereocenters. The summed E-state index contributed by atoms with van der Waals surface area (Å²) in [6.07, 6.45) is 3.93. The van der Waals surface area contributed by atoms with Gasteiger partial charge in [0.25, 0.3) is 5.91 Å². The van der Waals surface area contributed by atoms with Gasteiger partial charge in [0.15, 0.2) is 0 Å². The van der Waals surface area contributed by atoms with Crippen molar-refractivity contribution in [2.75, 3.05) is 35.2 Å². The fourth-order valence-corrected chi connectivity index (χ4v) is 4.03. The lowest BCUT2D eigenvalue weighted by Crippen LogP contribution is -2.38. The molecule has 2 heterocycles. The van der Waals surface area contributed by atoms with E-state index in [1.807, 2.05) is 18.2 Å². The Bertz CT molecular complexity index is 1070. The number of anilines is 4. The quantitative estimate of drug-likeness (QED) is 0.461. The molecule has 8 heteroatoms. The Morgan fingerprint density at radius 2 is 2.03 bits per heavy atom. The Hall–Kier alpha value is -3.16. The lowest BCUT2D eigenvalue weighted by molar-refractivity contribution is 0.102. The summed E-state index contributed by atoms with van der Waals surface area (Å²) in [5.41, 5.74) is 1.91. The van der Waals surface area contributed by atoms with Crippen molar-refractivity contribution in [3.63, 3.8) is 0 Å². The van der Waals surface area contributed by atoms with Gasteiger partial charge in [0.05, 0.1) is 0 Å². The average Bonchev–Trinajstić information content (AvgIpc) is 3.32. The number of carbonyl (C=O) groups is 1. The Morgan fingerprint density at radius 1 is 1.19 bits per heavy atom. The maximum absolute atomic E-state index is 12.7. The number of nitrogens with zero attached hydrogens (tertiary/aromatic N) is 3. The maximum atomic E-state index is 12.7. The number of aromatic nitrogens is 2. The molecule has 1 atom stereocenters. The first-order chi connectivity index (χ1) is 15.6. The lowest BCUT2D eigenvalue weighted by Gasteiger charge is -2.29. The summed E-state index contributed by atoms with van der Waals surface area (Å²) < 4.78 is 0. The van der Waals surface area contributed by atoms with Crippen LogP contribution >= 0.6 is 11.6 Å². The second kappa shape index (κ2) is 10.4. The van der Waals surface area contributed by atoms with Crippen molar-refractivity contribution in [2.24, 2.45) is 0 Å². The van der Waals surface area contributed by atoms with Crippen LogP contribution in [-0.4, -0.2) is 41.6 Å². The van der Waals surface area contributed by atoms with Crippen molar-refractivity contribution < 1.29 is 4.79 Å². The van der Waals surface area contributed by atoms with E-state index in [9.17, 15) is 4.79 Å². The van der Waals surface area contributed by atoms with Gasteiger partial charge in [-0.2, -0.15) is 4.98 Å². The van der Waals surface area contributed by atoms with Crippen molar-refractivity contribution in [1.82, 2.24) is 15.3 Å². The van der Waals surface area contributed by atoms with Crippen molar-refractivity contribution in [3.8, 4) is 0 Å². The van der Waals surface area contributed by atoms with Gasteiger partial charge in [-0.3, -0.25) is 4.79 Å². The summed E-state index contributed by atoms with van der Waals surface area (Å²) in [7, 11) is 0. The first-order valence-electron chi connectivity index (χ1n) is 10.9. The second-order valence-electron chi connectivity index (χ2n) is 7.75. The predicted octanol–water partition coefficient (Wildman–Crippen LogP) is 4.70. The minimum atomic E-state index is -0.214. The second-order valence-corrected chi connectivity index (χ2v) is 8.19. The van der Waals surface area contributed by atoms with E-state index in [1.54, 1.807) is 42.6 Å². The molecule has 2 aromatic carbocycles. The monoisotopic (exact) mass is 450 g/mol. The van der Waals surface area contributed by atoms with Crippen LogP contribution in [0.3, 0.4) is 0 Å². The Morgan fingerprint density at radius 3 is 2.81 bits per heavy atom. The molecule has 1 fully saturated rings. The first-order valence-corrected chi connectivity index (χ1v) is 11.2. The molecule has 0 aliphatic carbocycles. The fraction of sp³-hybridized carbons (Fsp3) is 0.292. The van der Waals surface area contributed by atoms with Crippen molar-refractivity contribution in [3.05, 3.63) is 71.4 Å². The molecule has 32 heavy (non-hydrogen) atoms. The zero-order valence-corrected chi connectivity index (χ0v) is 18.8. The van der Waals surface area contributed by atoms with E-state index in [1.165, 1.54) is 0 Å². The number of rotatable bonds is 8. The summed E-state index contributed by atoms with van der Waals surface area (Å²) in [4.78, 5) is 24.1. The summed E-state index contributed by atoms with van der Waals surface area (Å²) in [5.74, 6) is 1.20. The highest BCUT2D eigenvalue weighted by atomic mass is 35.5. The molecule has 166 valence electrons. The molecule has 7 nitrogen and oxygen atoms in total. The highest BCUT2D eigenvalue weighted by Crippen LogP contribution is 2.22. The third-order valence-corrected chi connectivity index (χ3v) is 5.57. The SMILES string of the molecule is CCCN(c1ccnc(Nc2cccc(C(=O)Nc3cccc(Cl)c3)c2)n1)C1CCNC1. The van der Waals surface area contributed by atoms with Crippen LogP contribution in [-0.2, 0) is 0 Å². The third-order valence-electron chi connectivity index (χ3n) is 5.34. The number of hydrogen-bond acceptors (Lipinski definition) is 6. The standard InChI is InChI=1S/C24H27ClN6O/c1-2-13-31(21-9-11-26-16-21)22-10-12-27-24(30-22)29-19-7-3-5-17(14-19)23(32)28-20-8-4-6-18(25)15-20/h3-8,10,12,14-15,21,26H,2,9,11,13,16H2,1H3,(H,28,32)(H,27,29,30).